The van der Waals surface area contributed by atoms with E-state index >= 15 is 0 Å². The van der Waals surface area contributed by atoms with Gasteiger partial charge in [-0.05, 0) is 72.4 Å². The molecule has 36 heavy (non-hydrogen) atoms. The van der Waals surface area contributed by atoms with Gasteiger partial charge in [0, 0.05) is 34.2 Å². The van der Waals surface area contributed by atoms with Gasteiger partial charge in [-0.2, -0.15) is 0 Å². The smallest absolute Gasteiger partial charge is 0.271 e. The van der Waals surface area contributed by atoms with Crippen molar-refractivity contribution in [2.45, 2.75) is 0 Å². The summed E-state index contributed by atoms with van der Waals surface area (Å²) < 4.78 is 18.7. The molecule has 9 nitrogen and oxygen atoms in total. The number of carbonyl (C=O) groups is 3. The van der Waals surface area contributed by atoms with Gasteiger partial charge in [-0.25, -0.2) is 9.82 Å². The number of nitrogens with zero attached hydrogens (tertiary/aromatic N) is 2. The largest absolute Gasteiger partial charge is 0.483 e. The first-order chi connectivity index (χ1) is 17.4. The summed E-state index contributed by atoms with van der Waals surface area (Å²) in [5.74, 6) is -1.45. The van der Waals surface area contributed by atoms with E-state index in [0.29, 0.717) is 27.6 Å². The zero-order valence-electron chi connectivity index (χ0n) is 18.3. The van der Waals surface area contributed by atoms with Gasteiger partial charge in [0.25, 0.3) is 17.7 Å². The van der Waals surface area contributed by atoms with Gasteiger partial charge in [0.1, 0.15) is 11.6 Å². The molecule has 0 spiro atoms. The Kier molecular flexibility index (Phi) is 7.93. The lowest BCUT2D eigenvalue weighted by Crippen LogP contribution is -2.25. The van der Waals surface area contributed by atoms with Crippen LogP contribution in [0.4, 0.5) is 10.1 Å². The summed E-state index contributed by atoms with van der Waals surface area (Å²) >= 11 is 7.12. The van der Waals surface area contributed by atoms with Crippen molar-refractivity contribution >= 4 is 58.0 Å². The van der Waals surface area contributed by atoms with Gasteiger partial charge in [0.2, 0.25) is 0 Å². The van der Waals surface area contributed by atoms with Crippen LogP contribution in [0, 0.1) is 5.82 Å². The third-order valence-corrected chi connectivity index (χ3v) is 5.74. The number of amidine groups is 1. The van der Waals surface area contributed by atoms with Crippen LogP contribution in [0.25, 0.3) is 6.08 Å². The van der Waals surface area contributed by atoms with E-state index in [9.17, 15) is 18.8 Å². The molecule has 1 saturated heterocycles. The van der Waals surface area contributed by atoms with Crippen LogP contribution in [0.3, 0.4) is 0 Å². The number of aromatic nitrogens is 1. The molecule has 0 radical (unpaired) electrons. The highest BCUT2D eigenvalue weighted by molar-refractivity contribution is 8.18. The van der Waals surface area contributed by atoms with Crippen LogP contribution in [-0.2, 0) is 9.59 Å². The predicted molar refractivity (Wildman–Crippen MR) is 135 cm³/mol. The molecular formula is C24H17ClFN5O4S. The average Bonchev–Trinajstić information content (AvgIpc) is 3.23. The Hall–Kier alpha value is -4.22. The third kappa shape index (κ3) is 6.68. The second-order valence-corrected chi connectivity index (χ2v) is 8.65. The predicted octanol–water partition coefficient (Wildman–Crippen LogP) is 3.80. The number of nitrogens with one attached hydrogen (secondary N) is 3. The maximum absolute atomic E-state index is 13.0. The molecule has 1 aliphatic rings. The van der Waals surface area contributed by atoms with Crippen LogP contribution in [-0.4, -0.2) is 34.5 Å². The zero-order valence-corrected chi connectivity index (χ0v) is 19.9. The summed E-state index contributed by atoms with van der Waals surface area (Å²) in [5.41, 5.74) is 3.61. The summed E-state index contributed by atoms with van der Waals surface area (Å²) in [4.78, 5) is 40.9. The minimum absolute atomic E-state index is 0.178. The van der Waals surface area contributed by atoms with Crippen LogP contribution >= 0.6 is 23.4 Å². The number of ether oxygens (including phenoxy) is 1. The van der Waals surface area contributed by atoms with Crippen molar-refractivity contribution in [2.24, 2.45) is 5.10 Å². The molecule has 1 aliphatic heterocycles. The Bertz CT molecular complexity index is 1370. The molecule has 0 aliphatic carbocycles. The van der Waals surface area contributed by atoms with Crippen molar-refractivity contribution in [2.75, 3.05) is 11.9 Å². The van der Waals surface area contributed by atoms with Crippen molar-refractivity contribution in [3.8, 4) is 5.75 Å². The number of hydrazone groups is 1. The van der Waals surface area contributed by atoms with E-state index in [1.54, 1.807) is 18.2 Å². The van der Waals surface area contributed by atoms with Gasteiger partial charge in [-0.15, -0.1) is 5.10 Å². The maximum atomic E-state index is 13.0. The first-order valence-corrected chi connectivity index (χ1v) is 11.5. The second kappa shape index (κ2) is 11.5. The van der Waals surface area contributed by atoms with E-state index in [1.807, 2.05) is 0 Å². The minimum atomic E-state index is -0.457. The Labute approximate surface area is 213 Å². The summed E-state index contributed by atoms with van der Waals surface area (Å²) in [6, 6.07) is 13.1. The Morgan fingerprint density at radius 3 is 2.64 bits per heavy atom. The number of rotatable bonds is 7. The summed E-state index contributed by atoms with van der Waals surface area (Å²) in [5, 5.41) is 9.67. The van der Waals surface area contributed by atoms with E-state index in [1.165, 1.54) is 54.9 Å². The fraction of sp³-hybridized carbons (Fsp3) is 0.0417. The molecule has 0 saturated carbocycles. The molecule has 0 unspecified atom stereocenters. The molecule has 0 bridgehead atoms. The van der Waals surface area contributed by atoms with Gasteiger partial charge in [-0.3, -0.25) is 24.7 Å². The molecule has 2 heterocycles. The van der Waals surface area contributed by atoms with Crippen LogP contribution in [0.2, 0.25) is 5.02 Å². The van der Waals surface area contributed by atoms with E-state index in [4.69, 9.17) is 16.3 Å². The molecule has 3 amide bonds. The molecular weight excluding hydrogens is 509 g/mol. The number of pyridine rings is 1. The lowest BCUT2D eigenvalue weighted by atomic mass is 10.2. The topological polar surface area (TPSA) is 122 Å². The summed E-state index contributed by atoms with van der Waals surface area (Å²) in [6.45, 7) is -0.331. The second-order valence-electron chi connectivity index (χ2n) is 7.18. The molecule has 0 atom stereocenters. The van der Waals surface area contributed by atoms with Crippen LogP contribution in [0.15, 0.2) is 77.0 Å². The molecule has 4 rings (SSSR count). The molecule has 1 aromatic heterocycles. The van der Waals surface area contributed by atoms with Gasteiger partial charge in [-0.1, -0.05) is 11.6 Å². The van der Waals surface area contributed by atoms with Crippen molar-refractivity contribution in [1.29, 1.82) is 0 Å². The Balaban J connectivity index is 1.42. The number of amides is 3. The Morgan fingerprint density at radius 2 is 1.89 bits per heavy atom. The number of benzene rings is 2. The van der Waals surface area contributed by atoms with Crippen LogP contribution < -0.4 is 20.8 Å². The minimum Gasteiger partial charge on any atom is -0.483 e. The van der Waals surface area contributed by atoms with Gasteiger partial charge < -0.3 is 10.1 Å². The molecule has 1 fully saturated rings. The van der Waals surface area contributed by atoms with Gasteiger partial charge >= 0.3 is 0 Å². The Morgan fingerprint density at radius 1 is 1.14 bits per heavy atom. The average molecular weight is 526 g/mol. The number of thioether (sulfide) groups is 1. The monoisotopic (exact) mass is 525 g/mol. The number of carbonyl (C=O) groups excluding carboxylic acids is 3. The van der Waals surface area contributed by atoms with E-state index in [-0.39, 0.29) is 16.7 Å². The molecule has 182 valence electrons. The highest BCUT2D eigenvalue weighted by atomic mass is 35.5. The van der Waals surface area contributed by atoms with Gasteiger partial charge in [0.15, 0.2) is 11.8 Å². The number of hydrogen-bond donors (Lipinski definition) is 3. The van der Waals surface area contributed by atoms with Crippen LogP contribution in [0.1, 0.15) is 15.9 Å². The highest BCUT2D eigenvalue weighted by Crippen LogP contribution is 2.31. The van der Waals surface area contributed by atoms with Crippen LogP contribution in [0.5, 0.6) is 5.75 Å². The van der Waals surface area contributed by atoms with Gasteiger partial charge in [0.05, 0.1) is 4.91 Å². The highest BCUT2D eigenvalue weighted by Gasteiger charge is 2.25. The normalized spacial score (nSPS) is 15.0. The zero-order chi connectivity index (χ0) is 25.5. The lowest BCUT2D eigenvalue weighted by Gasteiger charge is -2.10. The van der Waals surface area contributed by atoms with E-state index < -0.39 is 23.5 Å². The van der Waals surface area contributed by atoms with E-state index in [2.05, 4.69) is 26.1 Å². The number of hydrogen-bond acceptors (Lipinski definition) is 7. The van der Waals surface area contributed by atoms with Crippen molar-refractivity contribution in [3.05, 3.63) is 93.9 Å². The molecule has 3 aromatic rings. The summed E-state index contributed by atoms with van der Waals surface area (Å²) in [6.07, 6.45) is 4.49. The fourth-order valence-corrected chi connectivity index (χ4v) is 3.88. The standard InChI is InChI=1S/C24H17ClFN5O4S/c25-16-1-6-19(35-13-21(32)28-18-4-2-17(26)3-5-18)15(11-16)12-20-23(34)29-24(36-20)31-30-22(33)14-7-9-27-10-8-14/h1-12H,13H2,(H,28,32)(H,30,33)(H,29,31,34)/b20-12-. The number of anilines is 1. The molecule has 12 heteroatoms. The summed E-state index contributed by atoms with van der Waals surface area (Å²) in [7, 11) is 0. The molecule has 3 N–H and O–H groups in total. The van der Waals surface area contributed by atoms with Crippen molar-refractivity contribution in [3.63, 3.8) is 0 Å². The molecule has 2 aromatic carbocycles. The van der Waals surface area contributed by atoms with E-state index in [0.717, 1.165) is 11.8 Å². The maximum Gasteiger partial charge on any atom is 0.271 e. The third-order valence-electron chi connectivity index (χ3n) is 4.60. The first kappa shape index (κ1) is 24.9. The number of halogens is 2. The van der Waals surface area contributed by atoms with Crippen molar-refractivity contribution < 1.29 is 23.5 Å². The first-order valence-electron chi connectivity index (χ1n) is 10.3. The fourth-order valence-electron chi connectivity index (χ4n) is 2.93. The quantitative estimate of drug-likeness (QED) is 0.319. The lowest BCUT2D eigenvalue weighted by molar-refractivity contribution is -0.118. The van der Waals surface area contributed by atoms with Crippen molar-refractivity contribution in [1.82, 2.24) is 15.7 Å². The SMILES string of the molecule is O=C(COc1ccc(Cl)cc1/C=C1\S/C(=N/NC(=O)c2ccncc2)NC1=O)Nc1ccc(F)cc1.